The zero-order chi connectivity index (χ0) is 15.9. The van der Waals surface area contributed by atoms with Crippen molar-refractivity contribution < 1.29 is 9.47 Å². The number of nitrogens with two attached hydrogens (primary N) is 1. The SMILES string of the molecule is COCCN(C(C)C1CC1)C1(CN)CC(C)(C)OC1(C)C. The lowest BCUT2D eigenvalue weighted by Crippen LogP contribution is -2.66. The fourth-order valence-corrected chi connectivity index (χ4v) is 4.45. The summed E-state index contributed by atoms with van der Waals surface area (Å²) in [6.07, 6.45) is 3.66. The van der Waals surface area contributed by atoms with Gasteiger partial charge in [0.2, 0.25) is 0 Å². The van der Waals surface area contributed by atoms with E-state index in [-0.39, 0.29) is 16.7 Å². The van der Waals surface area contributed by atoms with Gasteiger partial charge in [0, 0.05) is 26.2 Å². The van der Waals surface area contributed by atoms with E-state index in [1.165, 1.54) is 12.8 Å². The molecule has 2 atom stereocenters. The molecule has 124 valence electrons. The van der Waals surface area contributed by atoms with Crippen molar-refractivity contribution in [3.05, 3.63) is 0 Å². The second-order valence-electron chi connectivity index (χ2n) is 8.05. The minimum absolute atomic E-state index is 0.114. The molecule has 2 unspecified atom stereocenters. The summed E-state index contributed by atoms with van der Waals surface area (Å²) < 4.78 is 11.8. The zero-order valence-corrected chi connectivity index (χ0v) is 14.7. The predicted molar refractivity (Wildman–Crippen MR) is 86.4 cm³/mol. The van der Waals surface area contributed by atoms with Gasteiger partial charge in [-0.25, -0.2) is 0 Å². The highest BCUT2D eigenvalue weighted by molar-refractivity contribution is 5.14. The molecule has 4 heteroatoms. The highest BCUT2D eigenvalue weighted by Crippen LogP contribution is 2.50. The summed E-state index contributed by atoms with van der Waals surface area (Å²) in [6, 6.07) is 0.542. The summed E-state index contributed by atoms with van der Waals surface area (Å²) in [7, 11) is 1.77. The molecule has 1 heterocycles. The van der Waals surface area contributed by atoms with Crippen molar-refractivity contribution >= 4 is 0 Å². The van der Waals surface area contributed by atoms with Gasteiger partial charge >= 0.3 is 0 Å². The number of hydrogen-bond acceptors (Lipinski definition) is 4. The van der Waals surface area contributed by atoms with Crippen LogP contribution in [-0.4, -0.2) is 54.5 Å². The van der Waals surface area contributed by atoms with E-state index in [1.54, 1.807) is 7.11 Å². The topological polar surface area (TPSA) is 47.7 Å². The molecule has 4 nitrogen and oxygen atoms in total. The van der Waals surface area contributed by atoms with Crippen LogP contribution in [-0.2, 0) is 9.47 Å². The first kappa shape index (κ1) is 17.2. The Balaban J connectivity index is 2.33. The molecule has 0 amide bonds. The van der Waals surface area contributed by atoms with E-state index < -0.39 is 0 Å². The second-order valence-corrected chi connectivity index (χ2v) is 8.05. The quantitative estimate of drug-likeness (QED) is 0.784. The molecule has 2 aliphatic rings. The zero-order valence-electron chi connectivity index (χ0n) is 14.7. The number of methoxy groups -OCH3 is 1. The summed E-state index contributed by atoms with van der Waals surface area (Å²) in [5.74, 6) is 0.810. The molecule has 2 N–H and O–H groups in total. The van der Waals surface area contributed by atoms with Crippen molar-refractivity contribution in [2.24, 2.45) is 11.7 Å². The summed E-state index contributed by atoms with van der Waals surface area (Å²) in [5.41, 5.74) is 5.84. The van der Waals surface area contributed by atoms with Crippen LogP contribution in [0.25, 0.3) is 0 Å². The van der Waals surface area contributed by atoms with Gasteiger partial charge in [0.1, 0.15) is 0 Å². The van der Waals surface area contributed by atoms with Crippen molar-refractivity contribution in [3.8, 4) is 0 Å². The molecule has 2 rings (SSSR count). The Bertz CT molecular complexity index is 366. The van der Waals surface area contributed by atoms with Crippen LogP contribution >= 0.6 is 0 Å². The maximum atomic E-state index is 6.39. The summed E-state index contributed by atoms with van der Waals surface area (Å²) in [4.78, 5) is 2.60. The van der Waals surface area contributed by atoms with Crippen molar-refractivity contribution in [2.45, 2.75) is 76.7 Å². The van der Waals surface area contributed by atoms with Crippen molar-refractivity contribution in [1.82, 2.24) is 4.90 Å². The fraction of sp³-hybridized carbons (Fsp3) is 1.00. The third-order valence-corrected chi connectivity index (χ3v) is 5.59. The normalized spacial score (nSPS) is 32.6. The Morgan fingerprint density at radius 1 is 1.29 bits per heavy atom. The minimum atomic E-state index is -0.248. The highest BCUT2D eigenvalue weighted by Gasteiger charge is 2.60. The lowest BCUT2D eigenvalue weighted by atomic mass is 9.76. The smallest absolute Gasteiger partial charge is 0.0830 e. The van der Waals surface area contributed by atoms with Crippen LogP contribution in [0.1, 0.15) is 53.9 Å². The first-order chi connectivity index (χ1) is 9.69. The molecule has 1 aliphatic carbocycles. The standard InChI is InChI=1S/C17H34N2O2/c1-13(14-7-8-14)19(9-10-20-6)17(12-18)11-15(2,3)21-16(17,4)5/h13-14H,7-12,18H2,1-6H3. The van der Waals surface area contributed by atoms with Crippen LogP contribution in [0.3, 0.4) is 0 Å². The van der Waals surface area contributed by atoms with E-state index in [0.29, 0.717) is 12.6 Å². The van der Waals surface area contributed by atoms with Crippen LogP contribution in [0.5, 0.6) is 0 Å². The molecule has 0 aromatic heterocycles. The molecule has 1 saturated heterocycles. The number of ether oxygens (including phenoxy) is 2. The largest absolute Gasteiger partial charge is 0.383 e. The predicted octanol–water partition coefficient (Wildman–Crippen LogP) is 2.41. The summed E-state index contributed by atoms with van der Waals surface area (Å²) >= 11 is 0. The van der Waals surface area contributed by atoms with E-state index in [1.807, 2.05) is 0 Å². The lowest BCUT2D eigenvalue weighted by Gasteiger charge is -2.50. The molecule has 21 heavy (non-hydrogen) atoms. The van der Waals surface area contributed by atoms with Gasteiger partial charge in [-0.2, -0.15) is 0 Å². The average Bonchev–Trinajstić information content (AvgIpc) is 3.16. The van der Waals surface area contributed by atoms with Crippen LogP contribution < -0.4 is 5.73 Å². The third kappa shape index (κ3) is 3.14. The van der Waals surface area contributed by atoms with Gasteiger partial charge in [-0.05, 0) is 59.8 Å². The minimum Gasteiger partial charge on any atom is -0.383 e. The van der Waals surface area contributed by atoms with Gasteiger partial charge in [0.05, 0.1) is 23.3 Å². The van der Waals surface area contributed by atoms with E-state index in [9.17, 15) is 0 Å². The van der Waals surface area contributed by atoms with Crippen molar-refractivity contribution in [3.63, 3.8) is 0 Å². The van der Waals surface area contributed by atoms with Crippen molar-refractivity contribution in [2.75, 3.05) is 26.8 Å². The second kappa shape index (κ2) is 5.80. The Hall–Kier alpha value is -0.160. The Morgan fingerprint density at radius 2 is 1.90 bits per heavy atom. The maximum Gasteiger partial charge on any atom is 0.0830 e. The Labute approximate surface area is 130 Å². The summed E-state index contributed by atoms with van der Waals surface area (Å²) in [5, 5.41) is 0. The lowest BCUT2D eigenvalue weighted by molar-refractivity contribution is -0.114. The molecular formula is C17H34N2O2. The Morgan fingerprint density at radius 3 is 2.29 bits per heavy atom. The molecular weight excluding hydrogens is 264 g/mol. The molecule has 1 saturated carbocycles. The molecule has 0 spiro atoms. The highest BCUT2D eigenvalue weighted by atomic mass is 16.5. The van der Waals surface area contributed by atoms with Gasteiger partial charge < -0.3 is 15.2 Å². The van der Waals surface area contributed by atoms with Gasteiger partial charge in [0.15, 0.2) is 0 Å². The molecule has 0 aromatic rings. The molecule has 0 bridgehead atoms. The monoisotopic (exact) mass is 298 g/mol. The maximum absolute atomic E-state index is 6.39. The van der Waals surface area contributed by atoms with Gasteiger partial charge in [0.25, 0.3) is 0 Å². The van der Waals surface area contributed by atoms with Gasteiger partial charge in [-0.3, -0.25) is 4.90 Å². The first-order valence-electron chi connectivity index (χ1n) is 8.35. The molecule has 2 fully saturated rings. The number of hydrogen-bond donors (Lipinski definition) is 1. The molecule has 0 aromatic carbocycles. The Kier molecular flexibility index (Phi) is 4.75. The average molecular weight is 298 g/mol. The molecule has 1 aliphatic heterocycles. The van der Waals surface area contributed by atoms with Gasteiger partial charge in [-0.1, -0.05) is 0 Å². The number of nitrogens with zero attached hydrogens (tertiary/aromatic N) is 1. The van der Waals surface area contributed by atoms with Crippen LogP contribution in [0, 0.1) is 5.92 Å². The summed E-state index contributed by atoms with van der Waals surface area (Å²) in [6.45, 7) is 13.4. The van der Waals surface area contributed by atoms with E-state index >= 15 is 0 Å². The van der Waals surface area contributed by atoms with E-state index in [4.69, 9.17) is 15.2 Å². The van der Waals surface area contributed by atoms with E-state index in [0.717, 1.165) is 25.5 Å². The molecule has 0 radical (unpaired) electrons. The number of rotatable bonds is 7. The van der Waals surface area contributed by atoms with Crippen molar-refractivity contribution in [1.29, 1.82) is 0 Å². The fourth-order valence-electron chi connectivity index (χ4n) is 4.45. The first-order valence-corrected chi connectivity index (χ1v) is 8.35. The third-order valence-electron chi connectivity index (χ3n) is 5.59. The van der Waals surface area contributed by atoms with Gasteiger partial charge in [-0.15, -0.1) is 0 Å². The van der Waals surface area contributed by atoms with Crippen LogP contribution in [0.15, 0.2) is 0 Å². The van der Waals surface area contributed by atoms with Crippen LogP contribution in [0.2, 0.25) is 0 Å². The van der Waals surface area contributed by atoms with E-state index in [2.05, 4.69) is 39.5 Å². The van der Waals surface area contributed by atoms with Crippen LogP contribution in [0.4, 0.5) is 0 Å².